The first-order chi connectivity index (χ1) is 10.5. The summed E-state index contributed by atoms with van der Waals surface area (Å²) in [6.45, 7) is 3.72. The number of dihydropyridines is 1. The molecule has 0 radical (unpaired) electrons. The van der Waals surface area contributed by atoms with E-state index < -0.39 is 11.9 Å². The van der Waals surface area contributed by atoms with E-state index >= 15 is 0 Å². The molecule has 1 unspecified atom stereocenters. The zero-order chi connectivity index (χ0) is 16.3. The zero-order valence-corrected chi connectivity index (χ0v) is 13.1. The Morgan fingerprint density at radius 2 is 2.09 bits per heavy atom. The van der Waals surface area contributed by atoms with Crippen LogP contribution in [0.25, 0.3) is 0 Å². The molecule has 1 aliphatic heterocycles. The monoisotopic (exact) mass is 317 g/mol. The lowest BCUT2D eigenvalue weighted by Gasteiger charge is -2.28. The molecule has 3 N–H and O–H groups in total. The second kappa shape index (κ2) is 6.54. The maximum Gasteiger partial charge on any atom is 0.336 e. The molecule has 0 aromatic heterocycles. The maximum atomic E-state index is 12.3. The molecule has 2 rings (SSSR count). The molecule has 0 saturated heterocycles. The predicted octanol–water partition coefficient (Wildman–Crippen LogP) is 2.56. The summed E-state index contributed by atoms with van der Waals surface area (Å²) in [5, 5.41) is 12.9. The smallest absolute Gasteiger partial charge is 0.336 e. The van der Waals surface area contributed by atoms with Gasteiger partial charge < -0.3 is 15.8 Å². The van der Waals surface area contributed by atoms with Gasteiger partial charge in [0.2, 0.25) is 0 Å². The summed E-state index contributed by atoms with van der Waals surface area (Å²) in [6.07, 6.45) is 0. The lowest BCUT2D eigenvalue weighted by atomic mass is 9.82. The van der Waals surface area contributed by atoms with Gasteiger partial charge in [0, 0.05) is 10.7 Å². The van der Waals surface area contributed by atoms with Gasteiger partial charge in [0.15, 0.2) is 0 Å². The molecule has 114 valence electrons. The third kappa shape index (κ3) is 2.92. The van der Waals surface area contributed by atoms with E-state index in [1.807, 2.05) is 0 Å². The highest BCUT2D eigenvalue weighted by Crippen LogP contribution is 2.37. The van der Waals surface area contributed by atoms with Gasteiger partial charge in [0.05, 0.1) is 29.7 Å². The van der Waals surface area contributed by atoms with E-state index in [0.29, 0.717) is 16.3 Å². The molecule has 1 aromatic carbocycles. The number of nitrogens with two attached hydrogens (primary N) is 1. The van der Waals surface area contributed by atoms with Crippen molar-refractivity contribution >= 4 is 17.6 Å². The number of esters is 1. The Hall–Kier alpha value is -2.45. The number of hydrogen-bond acceptors (Lipinski definition) is 5. The van der Waals surface area contributed by atoms with Gasteiger partial charge in [0.25, 0.3) is 0 Å². The van der Waals surface area contributed by atoms with Crippen molar-refractivity contribution in [3.05, 3.63) is 57.5 Å². The van der Waals surface area contributed by atoms with Crippen LogP contribution in [0.4, 0.5) is 0 Å². The molecule has 5 nitrogen and oxygen atoms in total. The number of hydrogen-bond donors (Lipinski definition) is 2. The van der Waals surface area contributed by atoms with Crippen LogP contribution in [0.5, 0.6) is 0 Å². The Labute approximate surface area is 134 Å². The van der Waals surface area contributed by atoms with Gasteiger partial charge in [-0.3, -0.25) is 0 Å². The summed E-state index contributed by atoms with van der Waals surface area (Å²) in [7, 11) is 0. The van der Waals surface area contributed by atoms with E-state index in [1.165, 1.54) is 0 Å². The Morgan fingerprint density at radius 3 is 2.64 bits per heavy atom. The minimum atomic E-state index is -0.567. The van der Waals surface area contributed by atoms with Gasteiger partial charge in [0.1, 0.15) is 5.82 Å². The summed E-state index contributed by atoms with van der Waals surface area (Å²) < 4.78 is 5.12. The quantitative estimate of drug-likeness (QED) is 0.836. The molecular weight excluding hydrogens is 302 g/mol. The summed E-state index contributed by atoms with van der Waals surface area (Å²) in [5.74, 6) is -0.789. The van der Waals surface area contributed by atoms with Crippen LogP contribution in [0.3, 0.4) is 0 Å². The first-order valence-corrected chi connectivity index (χ1v) is 7.17. The van der Waals surface area contributed by atoms with Gasteiger partial charge >= 0.3 is 5.97 Å². The highest BCUT2D eigenvalue weighted by Gasteiger charge is 2.34. The largest absolute Gasteiger partial charge is 0.463 e. The van der Waals surface area contributed by atoms with Crippen LogP contribution in [0, 0.1) is 11.3 Å². The van der Waals surface area contributed by atoms with Gasteiger partial charge in [-0.15, -0.1) is 0 Å². The second-order valence-electron chi connectivity index (χ2n) is 4.81. The fraction of sp³-hybridized carbons (Fsp3) is 0.250. The number of carbonyl (C=O) groups excluding carboxylic acids is 1. The topological polar surface area (TPSA) is 88.1 Å². The van der Waals surface area contributed by atoms with E-state index in [1.54, 1.807) is 38.1 Å². The molecule has 0 fully saturated rings. The maximum absolute atomic E-state index is 12.3. The molecule has 0 amide bonds. The van der Waals surface area contributed by atoms with Crippen molar-refractivity contribution in [2.24, 2.45) is 5.73 Å². The molecule has 1 aromatic rings. The number of benzene rings is 1. The average Bonchev–Trinajstić information content (AvgIpc) is 2.47. The third-order valence-electron chi connectivity index (χ3n) is 3.41. The fourth-order valence-corrected chi connectivity index (χ4v) is 2.57. The second-order valence-corrected chi connectivity index (χ2v) is 5.24. The number of carbonyl (C=O) groups is 1. The van der Waals surface area contributed by atoms with Gasteiger partial charge in [-0.05, 0) is 31.5 Å². The fourth-order valence-electron chi connectivity index (χ4n) is 2.45. The molecule has 1 atom stereocenters. The summed E-state index contributed by atoms with van der Waals surface area (Å²) in [4.78, 5) is 12.3. The van der Waals surface area contributed by atoms with Crippen molar-refractivity contribution < 1.29 is 9.53 Å². The number of nitrogens with one attached hydrogen (secondary N) is 1. The molecule has 1 heterocycles. The number of nitriles is 1. The standard InChI is InChI=1S/C16H16ClN3O2/c1-3-22-16(21)13-9(2)20-15(19)12(8-18)14(13)10-4-6-11(17)7-5-10/h4-7,14,20H,3,19H2,1-2H3. The molecule has 22 heavy (non-hydrogen) atoms. The number of halogens is 1. The van der Waals surface area contributed by atoms with Gasteiger partial charge in [-0.2, -0.15) is 5.26 Å². The highest BCUT2D eigenvalue weighted by atomic mass is 35.5. The molecule has 6 heteroatoms. The Bertz CT molecular complexity index is 699. The van der Waals surface area contributed by atoms with Crippen molar-refractivity contribution in [1.82, 2.24) is 5.32 Å². The van der Waals surface area contributed by atoms with Crippen LogP contribution >= 0.6 is 11.6 Å². The van der Waals surface area contributed by atoms with E-state index in [9.17, 15) is 10.1 Å². The summed E-state index contributed by atoms with van der Waals surface area (Å²) in [5.41, 5.74) is 7.92. The third-order valence-corrected chi connectivity index (χ3v) is 3.66. The van der Waals surface area contributed by atoms with E-state index in [-0.39, 0.29) is 18.0 Å². The number of allylic oxidation sites excluding steroid dienone is 2. The lowest BCUT2D eigenvalue weighted by molar-refractivity contribution is -0.138. The SMILES string of the molecule is CCOC(=O)C1=C(C)NC(N)=C(C#N)C1c1ccc(Cl)cc1. The minimum absolute atomic E-state index is 0.244. The molecular formula is C16H16ClN3O2. The highest BCUT2D eigenvalue weighted by molar-refractivity contribution is 6.30. The van der Waals surface area contributed by atoms with Crippen molar-refractivity contribution in [3.8, 4) is 6.07 Å². The molecule has 0 bridgehead atoms. The van der Waals surface area contributed by atoms with E-state index in [2.05, 4.69) is 11.4 Å². The number of rotatable bonds is 3. The van der Waals surface area contributed by atoms with Crippen LogP contribution < -0.4 is 11.1 Å². The molecule has 1 aliphatic rings. The van der Waals surface area contributed by atoms with Crippen LogP contribution in [0.15, 0.2) is 46.9 Å². The van der Waals surface area contributed by atoms with E-state index in [0.717, 1.165) is 5.56 Å². The number of ether oxygens (including phenoxy) is 1. The van der Waals surface area contributed by atoms with Gasteiger partial charge in [-0.25, -0.2) is 4.79 Å². The van der Waals surface area contributed by atoms with Crippen LogP contribution in [-0.4, -0.2) is 12.6 Å². The molecule has 0 spiro atoms. The lowest BCUT2D eigenvalue weighted by Crippen LogP contribution is -2.32. The van der Waals surface area contributed by atoms with Gasteiger partial charge in [-0.1, -0.05) is 23.7 Å². The first kappa shape index (κ1) is 15.9. The Morgan fingerprint density at radius 1 is 1.45 bits per heavy atom. The first-order valence-electron chi connectivity index (χ1n) is 6.79. The normalized spacial score (nSPS) is 17.8. The molecule has 0 saturated carbocycles. The molecule has 0 aliphatic carbocycles. The minimum Gasteiger partial charge on any atom is -0.463 e. The van der Waals surface area contributed by atoms with Crippen LogP contribution in [0.1, 0.15) is 25.3 Å². The van der Waals surface area contributed by atoms with Crippen molar-refractivity contribution in [3.63, 3.8) is 0 Å². The van der Waals surface area contributed by atoms with Crippen molar-refractivity contribution in [2.75, 3.05) is 6.61 Å². The predicted molar refractivity (Wildman–Crippen MR) is 83.5 cm³/mol. The Balaban J connectivity index is 2.59. The van der Waals surface area contributed by atoms with Crippen molar-refractivity contribution in [1.29, 1.82) is 5.26 Å². The average molecular weight is 318 g/mol. The van der Waals surface area contributed by atoms with E-state index in [4.69, 9.17) is 22.1 Å². The van der Waals surface area contributed by atoms with Crippen molar-refractivity contribution in [2.45, 2.75) is 19.8 Å². The number of nitrogens with zero attached hydrogens (tertiary/aromatic N) is 1. The Kier molecular flexibility index (Phi) is 4.74. The summed E-state index contributed by atoms with van der Waals surface area (Å²) >= 11 is 5.91. The zero-order valence-electron chi connectivity index (χ0n) is 12.3. The van der Waals surface area contributed by atoms with Crippen LogP contribution in [-0.2, 0) is 9.53 Å². The van der Waals surface area contributed by atoms with Crippen LogP contribution in [0.2, 0.25) is 5.02 Å². The summed E-state index contributed by atoms with van der Waals surface area (Å²) in [6, 6.07) is 9.05.